The zero-order valence-corrected chi connectivity index (χ0v) is 8.00. The third-order valence-corrected chi connectivity index (χ3v) is 1.86. The predicted molar refractivity (Wildman–Crippen MR) is 48.3 cm³/mol. The van der Waals surface area contributed by atoms with Crippen molar-refractivity contribution in [1.29, 1.82) is 0 Å². The highest BCUT2D eigenvalue weighted by atomic mass is 19.3. The first-order valence-corrected chi connectivity index (χ1v) is 4.09. The molecule has 1 heterocycles. The van der Waals surface area contributed by atoms with Gasteiger partial charge in [0.2, 0.25) is 0 Å². The molecule has 1 aromatic rings. The number of methoxy groups -OCH3 is 1. The Hall–Kier alpha value is -1.23. The Kier molecular flexibility index (Phi) is 3.00. The van der Waals surface area contributed by atoms with E-state index >= 15 is 0 Å². The molecule has 1 atom stereocenters. The van der Waals surface area contributed by atoms with Gasteiger partial charge in [0.1, 0.15) is 17.5 Å². The second kappa shape index (κ2) is 3.88. The number of ether oxygens (including phenoxy) is 1. The molecule has 0 fully saturated rings. The number of alkyl halides is 2. The maximum Gasteiger partial charge on any atom is 0.265 e. The molecule has 0 spiro atoms. The van der Waals surface area contributed by atoms with E-state index in [0.717, 1.165) is 6.92 Å². The summed E-state index contributed by atoms with van der Waals surface area (Å²) in [4.78, 5) is 3.79. The van der Waals surface area contributed by atoms with Crippen LogP contribution in [0.5, 0.6) is 5.75 Å². The van der Waals surface area contributed by atoms with Crippen molar-refractivity contribution in [2.45, 2.75) is 18.9 Å². The number of rotatable bonds is 3. The molecule has 1 unspecified atom stereocenters. The molecule has 2 N–H and O–H groups in total. The van der Waals surface area contributed by atoms with Gasteiger partial charge in [-0.1, -0.05) is 0 Å². The normalized spacial score (nSPS) is 13.8. The molecule has 14 heavy (non-hydrogen) atoms. The van der Waals surface area contributed by atoms with Gasteiger partial charge in [0, 0.05) is 13.1 Å². The van der Waals surface area contributed by atoms with Gasteiger partial charge in [-0.05, 0) is 12.1 Å². The van der Waals surface area contributed by atoms with Gasteiger partial charge in [0.25, 0.3) is 5.92 Å². The molecular formula is C9H12F2N2O. The summed E-state index contributed by atoms with van der Waals surface area (Å²) in [6.07, 6.45) is 1.41. The summed E-state index contributed by atoms with van der Waals surface area (Å²) in [6, 6.07) is 1.70. The fourth-order valence-electron chi connectivity index (χ4n) is 1.05. The lowest BCUT2D eigenvalue weighted by Crippen LogP contribution is -2.30. The second-order valence-electron chi connectivity index (χ2n) is 3.02. The number of pyridine rings is 1. The van der Waals surface area contributed by atoms with Crippen LogP contribution in [-0.4, -0.2) is 18.0 Å². The number of nitrogens with zero attached hydrogens (tertiary/aromatic N) is 1. The van der Waals surface area contributed by atoms with Crippen LogP contribution in [0.4, 0.5) is 8.78 Å². The monoisotopic (exact) mass is 202 g/mol. The van der Waals surface area contributed by atoms with E-state index in [2.05, 4.69) is 4.98 Å². The third kappa shape index (κ3) is 2.17. The SMILES string of the molecule is COc1cccnc1C(N)C(C)(F)F. The molecule has 0 aliphatic carbocycles. The Labute approximate surface area is 80.9 Å². The lowest BCUT2D eigenvalue weighted by atomic mass is 10.1. The Morgan fingerprint density at radius 3 is 2.71 bits per heavy atom. The second-order valence-corrected chi connectivity index (χ2v) is 3.02. The summed E-state index contributed by atoms with van der Waals surface area (Å²) < 4.78 is 30.7. The Balaban J connectivity index is 3.06. The van der Waals surface area contributed by atoms with E-state index < -0.39 is 12.0 Å². The molecular weight excluding hydrogens is 190 g/mol. The summed E-state index contributed by atoms with van der Waals surface area (Å²) in [5, 5.41) is 0. The molecule has 0 saturated heterocycles. The lowest BCUT2D eigenvalue weighted by Gasteiger charge is -2.20. The number of halogens is 2. The van der Waals surface area contributed by atoms with Crippen molar-refractivity contribution in [1.82, 2.24) is 4.98 Å². The Morgan fingerprint density at radius 2 is 2.21 bits per heavy atom. The molecule has 0 amide bonds. The van der Waals surface area contributed by atoms with Crippen LogP contribution in [0.2, 0.25) is 0 Å². The topological polar surface area (TPSA) is 48.1 Å². The zero-order chi connectivity index (χ0) is 10.8. The molecule has 0 aromatic carbocycles. The molecule has 0 radical (unpaired) electrons. The van der Waals surface area contributed by atoms with Crippen LogP contribution < -0.4 is 10.5 Å². The minimum absolute atomic E-state index is 0.0718. The number of hydrogen-bond acceptors (Lipinski definition) is 3. The van der Waals surface area contributed by atoms with E-state index in [9.17, 15) is 8.78 Å². The minimum atomic E-state index is -3.01. The highest BCUT2D eigenvalue weighted by Crippen LogP contribution is 2.31. The molecule has 0 saturated carbocycles. The molecule has 3 nitrogen and oxygen atoms in total. The van der Waals surface area contributed by atoms with Gasteiger partial charge in [-0.25, -0.2) is 8.78 Å². The van der Waals surface area contributed by atoms with E-state index in [0.29, 0.717) is 0 Å². The van der Waals surface area contributed by atoms with Crippen LogP contribution >= 0.6 is 0 Å². The molecule has 0 aliphatic rings. The van der Waals surface area contributed by atoms with Crippen LogP contribution in [0.25, 0.3) is 0 Å². The maximum absolute atomic E-state index is 12.9. The smallest absolute Gasteiger partial charge is 0.265 e. The van der Waals surface area contributed by atoms with Crippen LogP contribution in [0, 0.1) is 0 Å². The minimum Gasteiger partial charge on any atom is -0.495 e. The van der Waals surface area contributed by atoms with Crippen LogP contribution in [0.1, 0.15) is 18.7 Å². The largest absolute Gasteiger partial charge is 0.495 e. The fraction of sp³-hybridized carbons (Fsp3) is 0.444. The summed E-state index contributed by atoms with van der Waals surface area (Å²) in [7, 11) is 1.39. The highest BCUT2D eigenvalue weighted by Gasteiger charge is 2.34. The third-order valence-electron chi connectivity index (χ3n) is 1.86. The van der Waals surface area contributed by atoms with Crippen LogP contribution in [0.3, 0.4) is 0 Å². The first-order valence-electron chi connectivity index (χ1n) is 4.09. The molecule has 5 heteroatoms. The van der Waals surface area contributed by atoms with Crippen molar-refractivity contribution in [2.75, 3.05) is 7.11 Å². The standard InChI is InChI=1S/C9H12F2N2O/c1-9(10,11)8(12)7-6(14-2)4-3-5-13-7/h3-5,8H,12H2,1-2H3. The van der Waals surface area contributed by atoms with Crippen molar-refractivity contribution in [3.8, 4) is 5.75 Å². The zero-order valence-electron chi connectivity index (χ0n) is 8.00. The van der Waals surface area contributed by atoms with Crippen molar-refractivity contribution >= 4 is 0 Å². The van der Waals surface area contributed by atoms with Crippen molar-refractivity contribution in [3.63, 3.8) is 0 Å². The van der Waals surface area contributed by atoms with Gasteiger partial charge >= 0.3 is 0 Å². The molecule has 1 rings (SSSR count). The summed E-state index contributed by atoms with van der Waals surface area (Å²) in [5.74, 6) is -2.73. The first kappa shape index (κ1) is 10.8. The maximum atomic E-state index is 12.9. The Morgan fingerprint density at radius 1 is 1.57 bits per heavy atom. The quantitative estimate of drug-likeness (QED) is 0.812. The van der Waals surface area contributed by atoms with E-state index in [1.807, 2.05) is 0 Å². The van der Waals surface area contributed by atoms with Gasteiger partial charge in [-0.3, -0.25) is 4.98 Å². The number of aromatic nitrogens is 1. The van der Waals surface area contributed by atoms with E-state index in [1.165, 1.54) is 13.3 Å². The van der Waals surface area contributed by atoms with E-state index in [-0.39, 0.29) is 11.4 Å². The Bertz CT molecular complexity index is 312. The van der Waals surface area contributed by atoms with E-state index in [4.69, 9.17) is 10.5 Å². The van der Waals surface area contributed by atoms with Crippen molar-refractivity contribution in [3.05, 3.63) is 24.0 Å². The van der Waals surface area contributed by atoms with E-state index in [1.54, 1.807) is 12.1 Å². The highest BCUT2D eigenvalue weighted by molar-refractivity contribution is 5.30. The van der Waals surface area contributed by atoms with Crippen molar-refractivity contribution in [2.24, 2.45) is 5.73 Å². The number of nitrogens with two attached hydrogens (primary N) is 1. The molecule has 78 valence electrons. The van der Waals surface area contributed by atoms with Gasteiger partial charge in [-0.2, -0.15) is 0 Å². The van der Waals surface area contributed by atoms with Gasteiger partial charge in [0.15, 0.2) is 0 Å². The summed E-state index contributed by atoms with van der Waals surface area (Å²) in [6.45, 7) is 0.756. The average Bonchev–Trinajstić information content (AvgIpc) is 2.15. The van der Waals surface area contributed by atoms with Gasteiger partial charge in [0.05, 0.1) is 7.11 Å². The predicted octanol–water partition coefficient (Wildman–Crippen LogP) is 1.75. The van der Waals surface area contributed by atoms with Crippen LogP contribution in [-0.2, 0) is 0 Å². The van der Waals surface area contributed by atoms with Gasteiger partial charge in [-0.15, -0.1) is 0 Å². The molecule has 1 aromatic heterocycles. The number of hydrogen-bond donors (Lipinski definition) is 1. The fourth-order valence-corrected chi connectivity index (χ4v) is 1.05. The molecule has 0 bridgehead atoms. The van der Waals surface area contributed by atoms with Crippen LogP contribution in [0.15, 0.2) is 18.3 Å². The average molecular weight is 202 g/mol. The summed E-state index contributed by atoms with van der Waals surface area (Å²) in [5.41, 5.74) is 5.43. The van der Waals surface area contributed by atoms with Gasteiger partial charge < -0.3 is 10.5 Å². The molecule has 0 aliphatic heterocycles. The summed E-state index contributed by atoms with van der Waals surface area (Å²) >= 11 is 0. The first-order chi connectivity index (χ1) is 6.46. The lowest BCUT2D eigenvalue weighted by molar-refractivity contribution is -0.00816. The van der Waals surface area contributed by atoms with Crippen molar-refractivity contribution < 1.29 is 13.5 Å².